The van der Waals surface area contributed by atoms with Crippen molar-refractivity contribution in [2.24, 2.45) is 29.1 Å². The van der Waals surface area contributed by atoms with E-state index in [9.17, 15) is 29.4 Å². The molecular formula is C28H38O8. The molecule has 0 heterocycles. The molecule has 2 fully saturated rings. The maximum absolute atomic E-state index is 13.1. The van der Waals surface area contributed by atoms with Crippen LogP contribution in [-0.4, -0.2) is 57.1 Å². The minimum Gasteiger partial charge on any atom is -0.458 e. The van der Waals surface area contributed by atoms with Gasteiger partial charge in [-0.25, -0.2) is 0 Å². The number of aliphatic hydroxyl groups is 2. The molecule has 8 atom stereocenters. The molecule has 0 radical (unpaired) electrons. The summed E-state index contributed by atoms with van der Waals surface area (Å²) in [5.74, 6) is -4.50. The van der Waals surface area contributed by atoms with Crippen LogP contribution in [0.25, 0.3) is 0 Å². The van der Waals surface area contributed by atoms with Crippen LogP contribution in [0.3, 0.4) is 0 Å². The van der Waals surface area contributed by atoms with Crippen LogP contribution in [0, 0.1) is 29.1 Å². The van der Waals surface area contributed by atoms with Crippen molar-refractivity contribution in [2.45, 2.75) is 96.6 Å². The van der Waals surface area contributed by atoms with E-state index in [0.29, 0.717) is 24.7 Å². The van der Waals surface area contributed by atoms with Crippen molar-refractivity contribution in [1.82, 2.24) is 0 Å². The Kier molecular flexibility index (Phi) is 6.40. The van der Waals surface area contributed by atoms with E-state index in [1.54, 1.807) is 26.0 Å². The lowest BCUT2D eigenvalue weighted by Crippen LogP contribution is -2.66. The molecule has 198 valence electrons. The second-order valence-corrected chi connectivity index (χ2v) is 11.7. The molecule has 0 aromatic heterocycles. The van der Waals surface area contributed by atoms with Crippen molar-refractivity contribution >= 4 is 24.0 Å². The van der Waals surface area contributed by atoms with E-state index in [0.717, 1.165) is 0 Å². The van der Waals surface area contributed by atoms with Gasteiger partial charge in [-0.3, -0.25) is 19.2 Å². The third kappa shape index (κ3) is 3.33. The second kappa shape index (κ2) is 8.62. The fraction of sp³-hybridized carbons (Fsp3) is 0.714. The van der Waals surface area contributed by atoms with E-state index in [-0.39, 0.29) is 24.8 Å². The zero-order chi connectivity index (χ0) is 26.8. The van der Waals surface area contributed by atoms with Crippen molar-refractivity contribution in [2.75, 3.05) is 0 Å². The van der Waals surface area contributed by atoms with Crippen LogP contribution in [0.4, 0.5) is 0 Å². The molecule has 0 aromatic carbocycles. The number of rotatable bonds is 7. The SMILES string of the molecule is CCCC(=O)OC1C(C)C2(O)C(C=C(C=O)CC3(O)C(=O)C(C)=CC32)C2C(C)(C)C12OC(=O)CCC. The van der Waals surface area contributed by atoms with Gasteiger partial charge in [0.25, 0.3) is 0 Å². The summed E-state index contributed by atoms with van der Waals surface area (Å²) in [4.78, 5) is 50.8. The van der Waals surface area contributed by atoms with Gasteiger partial charge in [0.2, 0.25) is 0 Å². The first-order valence-electron chi connectivity index (χ1n) is 13.0. The van der Waals surface area contributed by atoms with Crippen LogP contribution in [0.1, 0.15) is 73.6 Å². The highest BCUT2D eigenvalue weighted by molar-refractivity contribution is 6.05. The molecule has 0 bridgehead atoms. The number of aldehydes is 1. The maximum Gasteiger partial charge on any atom is 0.306 e. The van der Waals surface area contributed by atoms with Gasteiger partial charge in [0, 0.05) is 48.3 Å². The van der Waals surface area contributed by atoms with Crippen molar-refractivity contribution in [3.8, 4) is 0 Å². The highest BCUT2D eigenvalue weighted by atomic mass is 16.6. The van der Waals surface area contributed by atoms with Gasteiger partial charge in [0.05, 0.1) is 5.60 Å². The van der Waals surface area contributed by atoms with Crippen molar-refractivity contribution in [1.29, 1.82) is 0 Å². The Hall–Kier alpha value is -2.32. The summed E-state index contributed by atoms with van der Waals surface area (Å²) in [5.41, 5.74) is -5.15. The number of carbonyl (C=O) groups excluding carboxylic acids is 4. The first kappa shape index (κ1) is 26.7. The number of fused-ring (bicyclic) bond motifs is 5. The van der Waals surface area contributed by atoms with Crippen LogP contribution in [0.15, 0.2) is 23.3 Å². The predicted octanol–water partition coefficient (Wildman–Crippen LogP) is 2.84. The number of Topliss-reactive ketones (excluding diaryl/α,β-unsaturated/α-hetero) is 1. The van der Waals surface area contributed by atoms with Crippen LogP contribution in [0.2, 0.25) is 0 Å². The van der Waals surface area contributed by atoms with E-state index in [1.807, 2.05) is 27.7 Å². The summed E-state index contributed by atoms with van der Waals surface area (Å²) in [7, 11) is 0. The molecule has 4 aliphatic rings. The molecule has 0 spiro atoms. The van der Waals surface area contributed by atoms with Gasteiger partial charge >= 0.3 is 11.9 Å². The molecule has 4 rings (SSSR count). The average molecular weight is 503 g/mol. The Balaban J connectivity index is 1.93. The highest BCUT2D eigenvalue weighted by Gasteiger charge is 2.87. The quantitative estimate of drug-likeness (QED) is 0.402. The summed E-state index contributed by atoms with van der Waals surface area (Å²) in [5, 5.41) is 24.2. The highest BCUT2D eigenvalue weighted by Crippen LogP contribution is 2.77. The third-order valence-corrected chi connectivity index (χ3v) is 9.31. The Morgan fingerprint density at radius 2 is 1.72 bits per heavy atom. The Morgan fingerprint density at radius 1 is 1.11 bits per heavy atom. The zero-order valence-corrected chi connectivity index (χ0v) is 22.0. The Bertz CT molecular complexity index is 1060. The summed E-state index contributed by atoms with van der Waals surface area (Å²) in [6.45, 7) is 10.8. The molecule has 0 amide bonds. The summed E-state index contributed by atoms with van der Waals surface area (Å²) >= 11 is 0. The number of hydrogen-bond donors (Lipinski definition) is 2. The minimum atomic E-state index is -2.00. The van der Waals surface area contributed by atoms with E-state index >= 15 is 0 Å². The number of ketones is 1. The van der Waals surface area contributed by atoms with Gasteiger partial charge in [-0.2, -0.15) is 0 Å². The molecule has 4 aliphatic carbocycles. The van der Waals surface area contributed by atoms with Gasteiger partial charge < -0.3 is 19.7 Å². The molecule has 0 aromatic rings. The molecular weight excluding hydrogens is 464 g/mol. The van der Waals surface area contributed by atoms with E-state index in [4.69, 9.17) is 9.47 Å². The van der Waals surface area contributed by atoms with Crippen molar-refractivity contribution in [3.05, 3.63) is 23.3 Å². The largest absolute Gasteiger partial charge is 0.458 e. The molecule has 2 N–H and O–H groups in total. The lowest BCUT2D eigenvalue weighted by molar-refractivity contribution is -0.229. The smallest absolute Gasteiger partial charge is 0.306 e. The standard InChI is InChI=1S/C28H38O8/c1-7-9-20(30)35-24-16(4)27(34)18(22-25(5,6)28(22,24)36-21(31)10-8-2)12-17(14-29)13-26(33)19(27)11-15(3)23(26)32/h11-12,14,16,18-19,22,24,33-34H,7-10,13H2,1-6H3. The Morgan fingerprint density at radius 3 is 2.31 bits per heavy atom. The predicted molar refractivity (Wildman–Crippen MR) is 129 cm³/mol. The lowest BCUT2D eigenvalue weighted by Gasteiger charge is -2.53. The number of ether oxygens (including phenoxy) is 2. The first-order valence-corrected chi connectivity index (χ1v) is 13.0. The van der Waals surface area contributed by atoms with Gasteiger partial charge in [-0.1, -0.05) is 46.8 Å². The monoisotopic (exact) mass is 502 g/mol. The number of hydrogen-bond acceptors (Lipinski definition) is 8. The molecule has 8 nitrogen and oxygen atoms in total. The average Bonchev–Trinajstić information content (AvgIpc) is 3.23. The van der Waals surface area contributed by atoms with Crippen LogP contribution < -0.4 is 0 Å². The first-order chi connectivity index (χ1) is 16.8. The minimum absolute atomic E-state index is 0.162. The second-order valence-electron chi connectivity index (χ2n) is 11.7. The van der Waals surface area contributed by atoms with E-state index < -0.39 is 69.7 Å². The van der Waals surface area contributed by atoms with E-state index in [1.165, 1.54) is 0 Å². The van der Waals surface area contributed by atoms with Crippen LogP contribution >= 0.6 is 0 Å². The molecule has 36 heavy (non-hydrogen) atoms. The molecule has 8 unspecified atom stereocenters. The number of carbonyl (C=O) groups is 4. The molecule has 8 heteroatoms. The maximum atomic E-state index is 13.1. The molecule has 2 saturated carbocycles. The zero-order valence-electron chi connectivity index (χ0n) is 22.0. The van der Waals surface area contributed by atoms with Crippen molar-refractivity contribution < 1.29 is 38.9 Å². The van der Waals surface area contributed by atoms with Gasteiger partial charge in [-0.05, 0) is 30.9 Å². The molecule has 0 saturated heterocycles. The van der Waals surface area contributed by atoms with E-state index in [2.05, 4.69) is 0 Å². The lowest BCUT2D eigenvalue weighted by atomic mass is 9.59. The third-order valence-electron chi connectivity index (χ3n) is 9.31. The van der Waals surface area contributed by atoms with Gasteiger partial charge in [-0.15, -0.1) is 0 Å². The Labute approximate surface area is 212 Å². The summed E-state index contributed by atoms with van der Waals surface area (Å²) in [6.07, 6.45) is 4.11. The van der Waals surface area contributed by atoms with Gasteiger partial charge in [0.15, 0.2) is 11.4 Å². The number of esters is 2. The summed E-state index contributed by atoms with van der Waals surface area (Å²) < 4.78 is 12.2. The van der Waals surface area contributed by atoms with Crippen LogP contribution in [0.5, 0.6) is 0 Å². The fourth-order valence-electron chi connectivity index (χ4n) is 7.59. The molecule has 0 aliphatic heterocycles. The van der Waals surface area contributed by atoms with Gasteiger partial charge in [0.1, 0.15) is 18.0 Å². The normalized spacial score (nSPS) is 42.1. The summed E-state index contributed by atoms with van der Waals surface area (Å²) in [6, 6.07) is 0. The van der Waals surface area contributed by atoms with Crippen LogP contribution in [-0.2, 0) is 28.7 Å². The topological polar surface area (TPSA) is 127 Å². The fourth-order valence-corrected chi connectivity index (χ4v) is 7.59. The van der Waals surface area contributed by atoms with Crippen molar-refractivity contribution in [3.63, 3.8) is 0 Å².